The molecular weight excluding hydrogens is 254 g/mol. The van der Waals surface area contributed by atoms with Crippen LogP contribution in [0.5, 0.6) is 0 Å². The molecule has 18 heavy (non-hydrogen) atoms. The fourth-order valence-electron chi connectivity index (χ4n) is 1.87. The van der Waals surface area contributed by atoms with Crippen molar-refractivity contribution >= 4 is 28.9 Å². The van der Waals surface area contributed by atoms with Crippen molar-refractivity contribution in [3.8, 4) is 0 Å². The molecule has 1 aromatic rings. The molecule has 2 rings (SSSR count). The molecule has 1 unspecified atom stereocenters. The molecule has 1 aliphatic heterocycles. The molecule has 6 heteroatoms. The van der Waals surface area contributed by atoms with E-state index in [1.165, 1.54) is 18.4 Å². The third-order valence-corrected chi connectivity index (χ3v) is 3.64. The number of hydrogen-bond donors (Lipinski definition) is 1. The van der Waals surface area contributed by atoms with Crippen molar-refractivity contribution in [3.05, 3.63) is 16.3 Å². The van der Waals surface area contributed by atoms with E-state index in [-0.39, 0.29) is 12.0 Å². The predicted octanol–water partition coefficient (Wildman–Crippen LogP) is 2.04. The summed E-state index contributed by atoms with van der Waals surface area (Å²) >= 11 is 1.25. The first-order valence-corrected chi connectivity index (χ1v) is 6.66. The summed E-state index contributed by atoms with van der Waals surface area (Å²) in [7, 11) is 1.32. The van der Waals surface area contributed by atoms with Gasteiger partial charge < -0.3 is 14.8 Å². The predicted molar refractivity (Wildman–Crippen MR) is 67.9 cm³/mol. The largest absolute Gasteiger partial charge is 0.465 e. The van der Waals surface area contributed by atoms with Gasteiger partial charge in [-0.3, -0.25) is 4.79 Å². The lowest BCUT2D eigenvalue weighted by Gasteiger charge is -2.09. The smallest absolute Gasteiger partial charge is 0.350 e. The van der Waals surface area contributed by atoms with Crippen LogP contribution in [0.15, 0.2) is 11.4 Å². The highest BCUT2D eigenvalue weighted by atomic mass is 32.1. The van der Waals surface area contributed by atoms with Gasteiger partial charge in [-0.05, 0) is 24.3 Å². The Balaban J connectivity index is 1.94. The number of methoxy groups -OCH3 is 1. The van der Waals surface area contributed by atoms with Crippen LogP contribution in [0.4, 0.5) is 5.69 Å². The van der Waals surface area contributed by atoms with Gasteiger partial charge in [0.05, 0.1) is 25.3 Å². The maximum absolute atomic E-state index is 11.8. The van der Waals surface area contributed by atoms with Crippen LogP contribution in [0.2, 0.25) is 0 Å². The molecule has 2 heterocycles. The molecule has 0 spiro atoms. The Morgan fingerprint density at radius 2 is 2.44 bits per heavy atom. The van der Waals surface area contributed by atoms with Crippen molar-refractivity contribution in [1.29, 1.82) is 0 Å². The first kappa shape index (κ1) is 13.0. The van der Waals surface area contributed by atoms with Gasteiger partial charge in [0.1, 0.15) is 4.88 Å². The average Bonchev–Trinajstić information content (AvgIpc) is 2.99. The SMILES string of the molecule is COC(=O)c1sccc1NC(=O)CC1CCCO1. The molecule has 0 aromatic carbocycles. The number of amides is 1. The van der Waals surface area contributed by atoms with Gasteiger partial charge in [-0.15, -0.1) is 11.3 Å². The highest BCUT2D eigenvalue weighted by Crippen LogP contribution is 2.24. The molecule has 0 bridgehead atoms. The first-order chi connectivity index (χ1) is 8.70. The van der Waals surface area contributed by atoms with Crippen LogP contribution < -0.4 is 5.32 Å². The minimum Gasteiger partial charge on any atom is -0.465 e. The Hall–Kier alpha value is -1.40. The Bertz CT molecular complexity index is 437. The number of anilines is 1. The molecule has 1 aliphatic rings. The number of thiophene rings is 1. The first-order valence-electron chi connectivity index (χ1n) is 5.78. The van der Waals surface area contributed by atoms with E-state index in [1.54, 1.807) is 11.4 Å². The second kappa shape index (κ2) is 5.97. The molecule has 0 saturated carbocycles. The number of rotatable bonds is 4. The molecule has 98 valence electrons. The summed E-state index contributed by atoms with van der Waals surface area (Å²) in [5, 5.41) is 4.47. The maximum Gasteiger partial charge on any atom is 0.350 e. The highest BCUT2D eigenvalue weighted by Gasteiger charge is 2.21. The second-order valence-electron chi connectivity index (χ2n) is 4.04. The Labute approximate surface area is 109 Å². The van der Waals surface area contributed by atoms with Crippen LogP contribution >= 0.6 is 11.3 Å². The molecule has 1 aromatic heterocycles. The standard InChI is InChI=1S/C12H15NO4S/c1-16-12(15)11-9(4-6-18-11)13-10(14)7-8-3-2-5-17-8/h4,6,8H,2-3,5,7H2,1H3,(H,13,14). The van der Waals surface area contributed by atoms with Crippen molar-refractivity contribution in [1.82, 2.24) is 0 Å². The maximum atomic E-state index is 11.8. The van der Waals surface area contributed by atoms with Gasteiger partial charge >= 0.3 is 5.97 Å². The van der Waals surface area contributed by atoms with E-state index in [1.807, 2.05) is 0 Å². The molecule has 5 nitrogen and oxygen atoms in total. The van der Waals surface area contributed by atoms with Gasteiger partial charge in [-0.1, -0.05) is 0 Å². The van der Waals surface area contributed by atoms with Gasteiger partial charge in [0.25, 0.3) is 0 Å². The zero-order chi connectivity index (χ0) is 13.0. The molecule has 1 amide bonds. The summed E-state index contributed by atoms with van der Waals surface area (Å²) < 4.78 is 10.0. The summed E-state index contributed by atoms with van der Waals surface area (Å²) in [5.74, 6) is -0.567. The number of carbonyl (C=O) groups excluding carboxylic acids is 2. The van der Waals surface area contributed by atoms with E-state index in [0.717, 1.165) is 19.4 Å². The fraction of sp³-hybridized carbons (Fsp3) is 0.500. The fourth-order valence-corrected chi connectivity index (χ4v) is 2.64. The molecule has 1 saturated heterocycles. The lowest BCUT2D eigenvalue weighted by atomic mass is 10.2. The quantitative estimate of drug-likeness (QED) is 0.850. The molecule has 1 N–H and O–H groups in total. The van der Waals surface area contributed by atoms with Crippen LogP contribution in [0, 0.1) is 0 Å². The zero-order valence-corrected chi connectivity index (χ0v) is 10.9. The van der Waals surface area contributed by atoms with E-state index in [0.29, 0.717) is 17.0 Å². The van der Waals surface area contributed by atoms with Gasteiger partial charge in [0.2, 0.25) is 5.91 Å². The number of carbonyl (C=O) groups is 2. The van der Waals surface area contributed by atoms with Gasteiger partial charge in [0, 0.05) is 6.61 Å². The lowest BCUT2D eigenvalue weighted by molar-refractivity contribution is -0.118. The minimum atomic E-state index is -0.433. The van der Waals surface area contributed by atoms with Crippen molar-refractivity contribution in [3.63, 3.8) is 0 Å². The molecular formula is C12H15NO4S. The van der Waals surface area contributed by atoms with Crippen molar-refractivity contribution < 1.29 is 19.1 Å². The second-order valence-corrected chi connectivity index (χ2v) is 4.96. The van der Waals surface area contributed by atoms with E-state index < -0.39 is 5.97 Å². The lowest BCUT2D eigenvalue weighted by Crippen LogP contribution is -2.20. The third kappa shape index (κ3) is 3.08. The molecule has 1 atom stereocenters. The summed E-state index contributed by atoms with van der Waals surface area (Å²) in [6.07, 6.45) is 2.26. The summed E-state index contributed by atoms with van der Waals surface area (Å²) in [4.78, 5) is 23.6. The molecule has 1 fully saturated rings. The average molecular weight is 269 g/mol. The van der Waals surface area contributed by atoms with Crippen LogP contribution in [0.25, 0.3) is 0 Å². The monoisotopic (exact) mass is 269 g/mol. The van der Waals surface area contributed by atoms with Gasteiger partial charge in [0.15, 0.2) is 0 Å². The molecule has 0 aliphatic carbocycles. The van der Waals surface area contributed by atoms with E-state index in [4.69, 9.17) is 4.74 Å². The Kier molecular flexibility index (Phi) is 4.33. The number of esters is 1. The summed E-state index contributed by atoms with van der Waals surface area (Å²) in [6, 6.07) is 1.70. The van der Waals surface area contributed by atoms with Crippen LogP contribution in [0.1, 0.15) is 28.9 Å². The van der Waals surface area contributed by atoms with E-state index in [9.17, 15) is 9.59 Å². The van der Waals surface area contributed by atoms with Gasteiger partial charge in [-0.25, -0.2) is 4.79 Å². The molecule has 0 radical (unpaired) electrons. The third-order valence-electron chi connectivity index (χ3n) is 2.75. The van der Waals surface area contributed by atoms with Crippen molar-refractivity contribution in [2.45, 2.75) is 25.4 Å². The van der Waals surface area contributed by atoms with Crippen molar-refractivity contribution in [2.24, 2.45) is 0 Å². The van der Waals surface area contributed by atoms with E-state index >= 15 is 0 Å². The van der Waals surface area contributed by atoms with Gasteiger partial charge in [-0.2, -0.15) is 0 Å². The Morgan fingerprint density at radius 3 is 3.11 bits per heavy atom. The summed E-state index contributed by atoms with van der Waals surface area (Å²) in [5.41, 5.74) is 0.509. The van der Waals surface area contributed by atoms with Crippen LogP contribution in [-0.2, 0) is 14.3 Å². The number of ether oxygens (including phenoxy) is 2. The highest BCUT2D eigenvalue weighted by molar-refractivity contribution is 7.12. The van der Waals surface area contributed by atoms with E-state index in [2.05, 4.69) is 10.1 Å². The minimum absolute atomic E-state index is 0.00483. The topological polar surface area (TPSA) is 64.6 Å². The van der Waals surface area contributed by atoms with Crippen LogP contribution in [-0.4, -0.2) is 31.7 Å². The summed E-state index contributed by atoms with van der Waals surface area (Å²) in [6.45, 7) is 0.726. The number of nitrogens with one attached hydrogen (secondary N) is 1. The normalized spacial score (nSPS) is 18.6. The number of hydrogen-bond acceptors (Lipinski definition) is 5. The van der Waals surface area contributed by atoms with Crippen molar-refractivity contribution in [2.75, 3.05) is 19.0 Å². The Morgan fingerprint density at radius 1 is 1.61 bits per heavy atom. The zero-order valence-electron chi connectivity index (χ0n) is 10.1. The van der Waals surface area contributed by atoms with Crippen LogP contribution in [0.3, 0.4) is 0 Å².